The third-order valence-electron chi connectivity index (χ3n) is 2.49. The highest BCUT2D eigenvalue weighted by molar-refractivity contribution is 6.15. The third-order valence-corrected chi connectivity index (χ3v) is 2.49. The zero-order chi connectivity index (χ0) is 12.3. The van der Waals surface area contributed by atoms with Crippen molar-refractivity contribution in [2.45, 2.75) is 6.92 Å². The van der Waals surface area contributed by atoms with Gasteiger partial charge >= 0.3 is 0 Å². The quantitative estimate of drug-likeness (QED) is 0.754. The fourth-order valence-electron chi connectivity index (χ4n) is 1.65. The molecule has 1 heterocycles. The lowest BCUT2D eigenvalue weighted by Crippen LogP contribution is -2.08. The van der Waals surface area contributed by atoms with Crippen molar-refractivity contribution in [3.8, 4) is 0 Å². The Labute approximate surface area is 99.1 Å². The third kappa shape index (κ3) is 2.28. The van der Waals surface area contributed by atoms with Crippen LogP contribution >= 0.6 is 0 Å². The average Bonchev–Trinajstić information content (AvgIpc) is 2.39. The second-order valence-corrected chi connectivity index (χ2v) is 3.67. The molecule has 0 aliphatic rings. The fraction of sp³-hybridized carbons (Fsp3) is 0.0714. The number of carbonyl (C=O) groups is 2. The lowest BCUT2D eigenvalue weighted by molar-refractivity contribution is 0.0990. The Morgan fingerprint density at radius 3 is 2.12 bits per heavy atom. The Hall–Kier alpha value is -2.29. The molecule has 1 aromatic carbocycles. The molecule has 3 nitrogen and oxygen atoms in total. The van der Waals surface area contributed by atoms with Crippen molar-refractivity contribution in [2.75, 3.05) is 0 Å². The van der Waals surface area contributed by atoms with E-state index in [0.29, 0.717) is 16.7 Å². The molecule has 0 bridgehead atoms. The van der Waals surface area contributed by atoms with Crippen LogP contribution in [0.1, 0.15) is 33.2 Å². The van der Waals surface area contributed by atoms with Crippen LogP contribution in [0.2, 0.25) is 0 Å². The summed E-state index contributed by atoms with van der Waals surface area (Å²) in [5, 5.41) is 0. The minimum Gasteiger partial charge on any atom is -0.294 e. The number of benzene rings is 1. The topological polar surface area (TPSA) is 47.0 Å². The van der Waals surface area contributed by atoms with Crippen molar-refractivity contribution in [1.82, 2.24) is 4.98 Å². The second kappa shape index (κ2) is 4.70. The number of Topliss-reactive ketones (excluding diaryl/α,β-unsaturated/α-hetero) is 1. The molecule has 0 aliphatic heterocycles. The first kappa shape index (κ1) is 11.2. The summed E-state index contributed by atoms with van der Waals surface area (Å²) in [4.78, 5) is 27.5. The number of rotatable bonds is 3. The van der Waals surface area contributed by atoms with Crippen LogP contribution in [0, 0.1) is 0 Å². The predicted octanol–water partition coefficient (Wildman–Crippen LogP) is 2.52. The molecule has 0 unspecified atom stereocenters. The summed E-state index contributed by atoms with van der Waals surface area (Å²) >= 11 is 0. The molecule has 1 aromatic heterocycles. The van der Waals surface area contributed by atoms with Gasteiger partial charge in [0.2, 0.25) is 0 Å². The number of carbonyl (C=O) groups excluding carboxylic acids is 2. The van der Waals surface area contributed by atoms with Gasteiger partial charge in [-0.05, 0) is 19.1 Å². The monoisotopic (exact) mass is 225 g/mol. The first-order valence-corrected chi connectivity index (χ1v) is 5.25. The maximum atomic E-state index is 12.2. The first-order valence-electron chi connectivity index (χ1n) is 5.25. The summed E-state index contributed by atoms with van der Waals surface area (Å²) in [7, 11) is 0. The standard InChI is InChI=1S/C14H11NO2/c1-10(16)12-4-2-3-5-13(12)14(17)11-6-8-15-9-7-11/h2-9H,1H3. The number of hydrogen-bond donors (Lipinski definition) is 0. The zero-order valence-electron chi connectivity index (χ0n) is 9.38. The van der Waals surface area contributed by atoms with Crippen molar-refractivity contribution in [3.63, 3.8) is 0 Å². The van der Waals surface area contributed by atoms with Crippen molar-refractivity contribution in [1.29, 1.82) is 0 Å². The molecule has 0 saturated carbocycles. The Bertz CT molecular complexity index is 561. The van der Waals surface area contributed by atoms with Gasteiger partial charge in [-0.15, -0.1) is 0 Å². The molecule has 84 valence electrons. The van der Waals surface area contributed by atoms with Gasteiger partial charge < -0.3 is 0 Å². The molecule has 17 heavy (non-hydrogen) atoms. The molecule has 0 fully saturated rings. The smallest absolute Gasteiger partial charge is 0.193 e. The second-order valence-electron chi connectivity index (χ2n) is 3.67. The highest BCUT2D eigenvalue weighted by Gasteiger charge is 2.14. The Morgan fingerprint density at radius 1 is 0.941 bits per heavy atom. The van der Waals surface area contributed by atoms with Gasteiger partial charge in [0, 0.05) is 29.1 Å². The minimum atomic E-state index is -0.154. The van der Waals surface area contributed by atoms with Crippen molar-refractivity contribution < 1.29 is 9.59 Å². The molecular formula is C14H11NO2. The normalized spacial score (nSPS) is 9.94. The van der Waals surface area contributed by atoms with Gasteiger partial charge in [0.15, 0.2) is 11.6 Å². The van der Waals surface area contributed by atoms with Crippen LogP contribution in [0.5, 0.6) is 0 Å². The van der Waals surface area contributed by atoms with E-state index < -0.39 is 0 Å². The van der Waals surface area contributed by atoms with Crippen LogP contribution in [-0.4, -0.2) is 16.6 Å². The molecule has 0 aliphatic carbocycles. The summed E-state index contributed by atoms with van der Waals surface area (Å²) in [6.07, 6.45) is 3.12. The summed E-state index contributed by atoms with van der Waals surface area (Å²) in [6.45, 7) is 1.46. The molecule has 0 saturated heterocycles. The van der Waals surface area contributed by atoms with E-state index in [2.05, 4.69) is 4.98 Å². The van der Waals surface area contributed by atoms with Gasteiger partial charge in [-0.1, -0.05) is 24.3 Å². The zero-order valence-corrected chi connectivity index (χ0v) is 9.38. The van der Waals surface area contributed by atoms with Crippen molar-refractivity contribution >= 4 is 11.6 Å². The van der Waals surface area contributed by atoms with Gasteiger partial charge in [0.1, 0.15) is 0 Å². The predicted molar refractivity (Wildman–Crippen MR) is 64.1 cm³/mol. The number of ketones is 2. The highest BCUT2D eigenvalue weighted by atomic mass is 16.1. The van der Waals surface area contributed by atoms with Crippen LogP contribution in [0.4, 0.5) is 0 Å². The molecule has 0 amide bonds. The van der Waals surface area contributed by atoms with Gasteiger partial charge in [-0.2, -0.15) is 0 Å². The van der Waals surface area contributed by atoms with E-state index in [0.717, 1.165) is 0 Å². The Balaban J connectivity index is 2.48. The fourth-order valence-corrected chi connectivity index (χ4v) is 1.65. The number of hydrogen-bond acceptors (Lipinski definition) is 3. The molecule has 0 spiro atoms. The van der Waals surface area contributed by atoms with E-state index in [9.17, 15) is 9.59 Å². The Kier molecular flexibility index (Phi) is 3.10. The maximum absolute atomic E-state index is 12.2. The van der Waals surface area contributed by atoms with Gasteiger partial charge in [0.25, 0.3) is 0 Å². The van der Waals surface area contributed by atoms with Crippen LogP contribution in [0.3, 0.4) is 0 Å². The highest BCUT2D eigenvalue weighted by Crippen LogP contribution is 2.14. The first-order chi connectivity index (χ1) is 8.20. The van der Waals surface area contributed by atoms with Gasteiger partial charge in [-0.3, -0.25) is 14.6 Å². The van der Waals surface area contributed by atoms with Gasteiger partial charge in [-0.25, -0.2) is 0 Å². The van der Waals surface area contributed by atoms with E-state index in [1.165, 1.54) is 6.92 Å². The van der Waals surface area contributed by atoms with Crippen molar-refractivity contribution in [3.05, 3.63) is 65.5 Å². The minimum absolute atomic E-state index is 0.108. The molecule has 2 rings (SSSR count). The van der Waals surface area contributed by atoms with E-state index >= 15 is 0 Å². The molecule has 0 atom stereocenters. The van der Waals surface area contributed by atoms with E-state index in [1.807, 2.05) is 0 Å². The molecule has 0 radical (unpaired) electrons. The number of pyridine rings is 1. The number of aromatic nitrogens is 1. The van der Waals surface area contributed by atoms with Crippen molar-refractivity contribution in [2.24, 2.45) is 0 Å². The molecular weight excluding hydrogens is 214 g/mol. The van der Waals surface area contributed by atoms with Gasteiger partial charge in [0.05, 0.1) is 0 Å². The van der Waals surface area contributed by atoms with E-state index in [4.69, 9.17) is 0 Å². The summed E-state index contributed by atoms with van der Waals surface area (Å²) in [5.74, 6) is -0.263. The van der Waals surface area contributed by atoms with Crippen LogP contribution < -0.4 is 0 Å². The average molecular weight is 225 g/mol. The van der Waals surface area contributed by atoms with Crippen LogP contribution in [0.15, 0.2) is 48.8 Å². The lowest BCUT2D eigenvalue weighted by Gasteiger charge is -2.05. The summed E-state index contributed by atoms with van der Waals surface area (Å²) in [5.41, 5.74) is 1.43. The van der Waals surface area contributed by atoms with Crippen LogP contribution in [0.25, 0.3) is 0 Å². The molecule has 2 aromatic rings. The van der Waals surface area contributed by atoms with E-state index in [1.54, 1.807) is 48.8 Å². The maximum Gasteiger partial charge on any atom is 0.193 e. The number of nitrogens with zero attached hydrogens (tertiary/aromatic N) is 1. The van der Waals surface area contributed by atoms with E-state index in [-0.39, 0.29) is 11.6 Å². The molecule has 3 heteroatoms. The SMILES string of the molecule is CC(=O)c1ccccc1C(=O)c1ccncc1. The summed E-state index contributed by atoms with van der Waals surface area (Å²) in [6, 6.07) is 10.1. The Morgan fingerprint density at radius 2 is 1.53 bits per heavy atom. The largest absolute Gasteiger partial charge is 0.294 e. The lowest BCUT2D eigenvalue weighted by atomic mass is 9.97. The summed E-state index contributed by atoms with van der Waals surface area (Å²) < 4.78 is 0. The van der Waals surface area contributed by atoms with Crippen LogP contribution in [-0.2, 0) is 0 Å². The molecule has 0 N–H and O–H groups in total.